The van der Waals surface area contributed by atoms with Gasteiger partial charge in [-0.3, -0.25) is 4.79 Å². The van der Waals surface area contributed by atoms with Gasteiger partial charge >= 0.3 is 0 Å². The molecule has 1 amide bonds. The highest BCUT2D eigenvalue weighted by molar-refractivity contribution is 7.17. The molecular formula is C12H18N4OS. The molecule has 2 aliphatic rings. The smallest absolute Gasteiger partial charge is 0.284 e. The molecule has 0 saturated heterocycles. The predicted molar refractivity (Wildman–Crippen MR) is 70.8 cm³/mol. The molecule has 1 aromatic rings. The lowest BCUT2D eigenvalue weighted by atomic mass is 10.3. The Kier molecular flexibility index (Phi) is 3.20. The molecule has 0 aromatic carbocycles. The van der Waals surface area contributed by atoms with Crippen LogP contribution in [0.25, 0.3) is 0 Å². The number of hydrogen-bond acceptors (Lipinski definition) is 5. The van der Waals surface area contributed by atoms with Gasteiger partial charge in [0.05, 0.1) is 0 Å². The summed E-state index contributed by atoms with van der Waals surface area (Å²) in [6.07, 6.45) is 5.08. The number of anilines is 1. The van der Waals surface area contributed by atoms with Crippen LogP contribution in [0, 0.1) is 11.8 Å². The lowest BCUT2D eigenvalue weighted by Gasteiger charge is -2.21. The average Bonchev–Trinajstić information content (AvgIpc) is 3.29. The van der Waals surface area contributed by atoms with Crippen LogP contribution in [0.3, 0.4) is 0 Å². The summed E-state index contributed by atoms with van der Waals surface area (Å²) in [5, 5.41) is 12.1. The van der Waals surface area contributed by atoms with Crippen LogP contribution in [-0.2, 0) is 0 Å². The third kappa shape index (κ3) is 2.80. The van der Waals surface area contributed by atoms with Gasteiger partial charge in [0.15, 0.2) is 0 Å². The van der Waals surface area contributed by atoms with E-state index in [1.165, 1.54) is 37.0 Å². The number of carbonyl (C=O) groups is 1. The van der Waals surface area contributed by atoms with Crippen LogP contribution >= 0.6 is 11.3 Å². The highest BCUT2D eigenvalue weighted by Gasteiger charge is 2.32. The van der Waals surface area contributed by atoms with E-state index in [9.17, 15) is 4.79 Å². The Morgan fingerprint density at radius 3 is 2.33 bits per heavy atom. The maximum absolute atomic E-state index is 12.4. The Hall–Kier alpha value is -1.17. The molecule has 6 heteroatoms. The van der Waals surface area contributed by atoms with Crippen LogP contribution in [0.1, 0.15) is 35.5 Å². The molecule has 2 fully saturated rings. The zero-order chi connectivity index (χ0) is 12.5. The highest BCUT2D eigenvalue weighted by Crippen LogP contribution is 2.34. The number of carbonyl (C=O) groups excluding carboxylic acids is 1. The van der Waals surface area contributed by atoms with Crippen LogP contribution in [0.4, 0.5) is 5.13 Å². The van der Waals surface area contributed by atoms with Gasteiger partial charge in [0, 0.05) is 20.1 Å². The van der Waals surface area contributed by atoms with Crippen molar-refractivity contribution in [2.75, 3.05) is 25.5 Å². The molecule has 18 heavy (non-hydrogen) atoms. The summed E-state index contributed by atoms with van der Waals surface area (Å²) in [5.41, 5.74) is 0. The summed E-state index contributed by atoms with van der Waals surface area (Å²) in [4.78, 5) is 14.4. The first-order valence-electron chi connectivity index (χ1n) is 6.57. The quantitative estimate of drug-likeness (QED) is 0.853. The standard InChI is InChI=1S/C12H18N4OS/c1-13-12-15-14-10(18-12)11(17)16(6-8-2-3-8)7-9-4-5-9/h8-9H,2-7H2,1H3,(H,13,15). The average molecular weight is 266 g/mol. The summed E-state index contributed by atoms with van der Waals surface area (Å²) in [7, 11) is 1.79. The summed E-state index contributed by atoms with van der Waals surface area (Å²) in [6.45, 7) is 1.81. The van der Waals surface area contributed by atoms with Crippen molar-refractivity contribution >= 4 is 22.4 Å². The summed E-state index contributed by atoms with van der Waals surface area (Å²) >= 11 is 1.34. The Labute approximate surface area is 111 Å². The largest absolute Gasteiger partial charge is 0.363 e. The van der Waals surface area contributed by atoms with Gasteiger partial charge in [-0.25, -0.2) is 0 Å². The van der Waals surface area contributed by atoms with Crippen LogP contribution < -0.4 is 5.32 Å². The Balaban J connectivity index is 1.68. The van der Waals surface area contributed by atoms with Crippen molar-refractivity contribution in [2.45, 2.75) is 25.7 Å². The maximum atomic E-state index is 12.4. The first-order chi connectivity index (χ1) is 8.76. The minimum atomic E-state index is 0.0628. The zero-order valence-corrected chi connectivity index (χ0v) is 11.4. The van der Waals surface area contributed by atoms with E-state index in [2.05, 4.69) is 15.5 Å². The molecule has 1 N–H and O–H groups in total. The van der Waals surface area contributed by atoms with Crippen LogP contribution in [0.5, 0.6) is 0 Å². The highest BCUT2D eigenvalue weighted by atomic mass is 32.1. The summed E-state index contributed by atoms with van der Waals surface area (Å²) < 4.78 is 0. The molecule has 5 nitrogen and oxygen atoms in total. The molecule has 0 atom stereocenters. The molecule has 0 aliphatic heterocycles. The molecule has 0 radical (unpaired) electrons. The minimum Gasteiger partial charge on any atom is -0.363 e. The molecule has 0 unspecified atom stereocenters. The molecule has 3 rings (SSSR count). The van der Waals surface area contributed by atoms with E-state index in [0.29, 0.717) is 10.1 Å². The van der Waals surface area contributed by atoms with Crippen LogP contribution in [0.15, 0.2) is 0 Å². The van der Waals surface area contributed by atoms with Crippen molar-refractivity contribution in [3.05, 3.63) is 5.01 Å². The van der Waals surface area contributed by atoms with Gasteiger partial charge in [-0.1, -0.05) is 11.3 Å². The maximum Gasteiger partial charge on any atom is 0.284 e. The number of rotatable bonds is 6. The van der Waals surface area contributed by atoms with Crippen LogP contribution in [0.2, 0.25) is 0 Å². The molecule has 0 spiro atoms. The van der Waals surface area contributed by atoms with Gasteiger partial charge in [-0.05, 0) is 37.5 Å². The molecule has 98 valence electrons. The lowest BCUT2D eigenvalue weighted by molar-refractivity contribution is 0.0738. The Morgan fingerprint density at radius 2 is 1.89 bits per heavy atom. The van der Waals surface area contributed by atoms with Gasteiger partial charge in [0.25, 0.3) is 5.91 Å². The third-order valence-corrected chi connectivity index (χ3v) is 4.39. The Morgan fingerprint density at radius 1 is 1.28 bits per heavy atom. The first-order valence-corrected chi connectivity index (χ1v) is 7.38. The molecule has 2 saturated carbocycles. The summed E-state index contributed by atoms with van der Waals surface area (Å²) in [5.74, 6) is 1.52. The third-order valence-electron chi connectivity index (χ3n) is 3.46. The van der Waals surface area contributed by atoms with E-state index >= 15 is 0 Å². The number of hydrogen-bond donors (Lipinski definition) is 1. The fourth-order valence-electron chi connectivity index (χ4n) is 2.01. The van der Waals surface area contributed by atoms with Crippen molar-refractivity contribution in [2.24, 2.45) is 11.8 Å². The second kappa shape index (κ2) is 4.84. The second-order valence-electron chi connectivity index (χ2n) is 5.26. The molecule has 1 heterocycles. The molecule has 2 aliphatic carbocycles. The van der Waals surface area contributed by atoms with E-state index in [4.69, 9.17) is 0 Å². The minimum absolute atomic E-state index is 0.0628. The van der Waals surface area contributed by atoms with Crippen molar-refractivity contribution in [1.82, 2.24) is 15.1 Å². The number of nitrogens with one attached hydrogen (secondary N) is 1. The van der Waals surface area contributed by atoms with Gasteiger partial charge in [-0.2, -0.15) is 0 Å². The van der Waals surface area contributed by atoms with E-state index in [1.807, 2.05) is 4.90 Å². The normalized spacial score (nSPS) is 18.7. The number of nitrogens with zero attached hydrogens (tertiary/aromatic N) is 3. The van der Waals surface area contributed by atoms with Gasteiger partial charge in [-0.15, -0.1) is 10.2 Å². The lowest BCUT2D eigenvalue weighted by Crippen LogP contribution is -2.34. The van der Waals surface area contributed by atoms with Gasteiger partial charge < -0.3 is 10.2 Å². The van der Waals surface area contributed by atoms with E-state index < -0.39 is 0 Å². The fourth-order valence-corrected chi connectivity index (χ4v) is 2.68. The van der Waals surface area contributed by atoms with Crippen molar-refractivity contribution in [1.29, 1.82) is 0 Å². The summed E-state index contributed by atoms with van der Waals surface area (Å²) in [6, 6.07) is 0. The topological polar surface area (TPSA) is 58.1 Å². The van der Waals surface area contributed by atoms with Crippen molar-refractivity contribution in [3.8, 4) is 0 Å². The number of aromatic nitrogens is 2. The molecule has 0 bridgehead atoms. The predicted octanol–water partition coefficient (Wildman–Crippen LogP) is 1.84. The molecular weight excluding hydrogens is 248 g/mol. The first kappa shape index (κ1) is 11.9. The van der Waals surface area contributed by atoms with E-state index in [-0.39, 0.29) is 5.91 Å². The van der Waals surface area contributed by atoms with E-state index in [0.717, 1.165) is 24.9 Å². The van der Waals surface area contributed by atoms with E-state index in [1.54, 1.807) is 7.05 Å². The fraction of sp³-hybridized carbons (Fsp3) is 0.750. The van der Waals surface area contributed by atoms with Crippen molar-refractivity contribution < 1.29 is 4.79 Å². The number of amides is 1. The monoisotopic (exact) mass is 266 g/mol. The Bertz CT molecular complexity index is 425. The van der Waals surface area contributed by atoms with Crippen molar-refractivity contribution in [3.63, 3.8) is 0 Å². The zero-order valence-electron chi connectivity index (χ0n) is 10.6. The SMILES string of the molecule is CNc1nnc(C(=O)N(CC2CC2)CC2CC2)s1. The van der Waals surface area contributed by atoms with Gasteiger partial charge in [0.2, 0.25) is 10.1 Å². The van der Waals surface area contributed by atoms with Crippen LogP contribution in [-0.4, -0.2) is 41.1 Å². The van der Waals surface area contributed by atoms with Gasteiger partial charge in [0.1, 0.15) is 0 Å². The second-order valence-corrected chi connectivity index (χ2v) is 6.24. The molecule has 1 aromatic heterocycles.